The van der Waals surface area contributed by atoms with Crippen molar-refractivity contribution in [1.82, 2.24) is 5.32 Å². The Hall–Kier alpha value is -1.08. The van der Waals surface area contributed by atoms with Gasteiger partial charge >= 0.3 is 7.12 Å². The standard InChI is InChI=1S/C15H20BCl2NO4/c1-9(2)7-14(16(22)23)19-15(21)6-5-13(20)11-8-10(17)3-4-12(11)18/h3-4,8-9,14,22-23H,5-7H2,1-2H3,(H,19,21)/t14-/m0/s1/i14D. The molecule has 0 saturated carbocycles. The van der Waals surface area contributed by atoms with Crippen molar-refractivity contribution < 1.29 is 21.0 Å². The van der Waals surface area contributed by atoms with Gasteiger partial charge in [-0.2, -0.15) is 0 Å². The summed E-state index contributed by atoms with van der Waals surface area (Å²) in [5.41, 5.74) is 0.221. The normalized spacial score (nSPS) is 14.1. The molecule has 5 nitrogen and oxygen atoms in total. The SMILES string of the molecule is [2H][C@@](CC(C)C)(NC(=O)CCC(=O)c1cc(Cl)ccc1Cl)B(O)O. The van der Waals surface area contributed by atoms with Crippen molar-refractivity contribution in [2.24, 2.45) is 5.92 Å². The minimum absolute atomic E-state index is 0.0310. The molecule has 0 bridgehead atoms. The first kappa shape index (κ1) is 18.3. The van der Waals surface area contributed by atoms with Gasteiger partial charge in [0.1, 0.15) is 0 Å². The Morgan fingerprint density at radius 2 is 1.96 bits per heavy atom. The highest BCUT2D eigenvalue weighted by Gasteiger charge is 2.26. The fraction of sp³-hybridized carbons (Fsp3) is 0.467. The summed E-state index contributed by atoms with van der Waals surface area (Å²) in [5, 5.41) is 21.6. The summed E-state index contributed by atoms with van der Waals surface area (Å²) in [7, 11) is -2.03. The van der Waals surface area contributed by atoms with Crippen LogP contribution in [0.2, 0.25) is 10.0 Å². The van der Waals surface area contributed by atoms with Crippen molar-refractivity contribution in [2.45, 2.75) is 39.0 Å². The molecule has 1 atom stereocenters. The van der Waals surface area contributed by atoms with Crippen LogP contribution in [0.5, 0.6) is 0 Å². The van der Waals surface area contributed by atoms with Gasteiger partial charge in [-0.1, -0.05) is 37.0 Å². The summed E-state index contributed by atoms with van der Waals surface area (Å²) in [4.78, 5) is 24.1. The maximum absolute atomic E-state index is 12.1. The zero-order valence-electron chi connectivity index (χ0n) is 14.0. The highest BCUT2D eigenvalue weighted by molar-refractivity contribution is 6.43. The Labute approximate surface area is 147 Å². The average molecular weight is 361 g/mol. The number of halogens is 2. The Bertz CT molecular complexity index is 615. The number of rotatable bonds is 8. The largest absolute Gasteiger partial charge is 0.475 e. The van der Waals surface area contributed by atoms with E-state index in [-0.39, 0.29) is 41.5 Å². The summed E-state index contributed by atoms with van der Waals surface area (Å²) >= 11 is 11.8. The molecule has 0 heterocycles. The quantitative estimate of drug-likeness (QED) is 0.491. The van der Waals surface area contributed by atoms with Gasteiger partial charge < -0.3 is 15.4 Å². The van der Waals surface area contributed by atoms with Gasteiger partial charge in [0.2, 0.25) is 5.91 Å². The molecule has 0 fully saturated rings. The molecule has 0 unspecified atom stereocenters. The summed E-state index contributed by atoms with van der Waals surface area (Å²) in [6.07, 6.45) is -0.275. The first-order valence-corrected chi connectivity index (χ1v) is 7.96. The third kappa shape index (κ3) is 6.91. The summed E-state index contributed by atoms with van der Waals surface area (Å²) in [6, 6.07) is 4.47. The van der Waals surface area contributed by atoms with Gasteiger partial charge in [0.05, 0.1) is 10.9 Å². The van der Waals surface area contributed by atoms with Crippen molar-refractivity contribution in [3.63, 3.8) is 0 Å². The maximum Gasteiger partial charge on any atom is 0.475 e. The first-order valence-electron chi connectivity index (χ1n) is 7.70. The fourth-order valence-corrected chi connectivity index (χ4v) is 2.37. The van der Waals surface area contributed by atoms with Gasteiger partial charge in [-0.15, -0.1) is 0 Å². The van der Waals surface area contributed by atoms with E-state index in [9.17, 15) is 19.6 Å². The topological polar surface area (TPSA) is 86.6 Å². The van der Waals surface area contributed by atoms with E-state index in [2.05, 4.69) is 5.32 Å². The van der Waals surface area contributed by atoms with Crippen LogP contribution in [0, 0.1) is 5.92 Å². The van der Waals surface area contributed by atoms with Crippen molar-refractivity contribution in [3.05, 3.63) is 33.8 Å². The van der Waals surface area contributed by atoms with Crippen LogP contribution >= 0.6 is 23.2 Å². The highest BCUT2D eigenvalue weighted by atomic mass is 35.5. The summed E-state index contributed by atoms with van der Waals surface area (Å²) in [5.74, 6) is -2.93. The lowest BCUT2D eigenvalue weighted by atomic mass is 9.75. The second kappa shape index (κ2) is 9.28. The van der Waals surface area contributed by atoms with Crippen LogP contribution in [0.1, 0.15) is 44.8 Å². The van der Waals surface area contributed by atoms with Gasteiger partial charge in [-0.3, -0.25) is 9.59 Å². The predicted molar refractivity (Wildman–Crippen MR) is 91.6 cm³/mol. The fourth-order valence-electron chi connectivity index (χ4n) is 1.98. The number of nitrogens with one attached hydrogen (secondary N) is 1. The van der Waals surface area contributed by atoms with Crippen LogP contribution in [0.4, 0.5) is 0 Å². The lowest BCUT2D eigenvalue weighted by Crippen LogP contribution is -2.47. The van der Waals surface area contributed by atoms with E-state index in [4.69, 9.17) is 24.6 Å². The van der Waals surface area contributed by atoms with E-state index in [1.807, 2.05) is 0 Å². The second-order valence-electron chi connectivity index (χ2n) is 5.59. The molecule has 0 aliphatic carbocycles. The minimum atomic E-state index is -2.03. The molecule has 8 heteroatoms. The molecule has 1 rings (SSSR count). The number of carbonyl (C=O) groups excluding carboxylic acids is 2. The molecule has 1 aromatic rings. The highest BCUT2D eigenvalue weighted by Crippen LogP contribution is 2.22. The summed E-state index contributed by atoms with van der Waals surface area (Å²) in [6.45, 7) is 3.59. The molecular weight excluding hydrogens is 340 g/mol. The van der Waals surface area contributed by atoms with Gasteiger partial charge in [-0.25, -0.2) is 0 Å². The maximum atomic E-state index is 12.1. The number of hydrogen-bond donors (Lipinski definition) is 3. The minimum Gasteiger partial charge on any atom is -0.426 e. The van der Waals surface area contributed by atoms with E-state index < -0.39 is 18.9 Å². The van der Waals surface area contributed by atoms with Crippen LogP contribution in [-0.2, 0) is 4.79 Å². The van der Waals surface area contributed by atoms with Gasteiger partial charge in [-0.05, 0) is 30.5 Å². The van der Waals surface area contributed by atoms with Crippen LogP contribution in [0.3, 0.4) is 0 Å². The monoisotopic (exact) mass is 360 g/mol. The smallest absolute Gasteiger partial charge is 0.426 e. The van der Waals surface area contributed by atoms with Crippen LogP contribution in [0.15, 0.2) is 18.2 Å². The third-order valence-corrected chi connectivity index (χ3v) is 3.61. The van der Waals surface area contributed by atoms with Crippen LogP contribution < -0.4 is 5.32 Å². The number of ketones is 1. The molecule has 0 radical (unpaired) electrons. The van der Waals surface area contributed by atoms with Crippen LogP contribution in [0.25, 0.3) is 0 Å². The number of carbonyl (C=O) groups is 2. The number of Topliss-reactive ketones (excluding diaryl/α,β-unsaturated/α-hetero) is 1. The molecule has 0 aliphatic heterocycles. The van der Waals surface area contributed by atoms with E-state index in [0.717, 1.165) is 0 Å². The first-order chi connectivity index (χ1) is 11.0. The molecule has 3 N–H and O–H groups in total. The van der Waals surface area contributed by atoms with Crippen molar-refractivity contribution >= 4 is 42.0 Å². The second-order valence-corrected chi connectivity index (χ2v) is 6.44. The van der Waals surface area contributed by atoms with E-state index >= 15 is 0 Å². The number of amides is 1. The molecule has 1 aromatic carbocycles. The van der Waals surface area contributed by atoms with Crippen molar-refractivity contribution in [2.75, 3.05) is 0 Å². The molecule has 0 spiro atoms. The number of benzene rings is 1. The van der Waals surface area contributed by atoms with Gasteiger partial charge in [0.25, 0.3) is 0 Å². The molecule has 0 aliphatic rings. The zero-order valence-corrected chi connectivity index (χ0v) is 14.5. The lowest BCUT2D eigenvalue weighted by Gasteiger charge is -2.19. The van der Waals surface area contributed by atoms with Crippen LogP contribution in [-0.4, -0.2) is 34.8 Å². The Balaban J connectivity index is 2.68. The molecule has 23 heavy (non-hydrogen) atoms. The molecular formula is C15H20BCl2NO4. The predicted octanol–water partition coefficient (Wildman–Crippen LogP) is 2.50. The van der Waals surface area contributed by atoms with E-state index in [1.54, 1.807) is 19.9 Å². The zero-order chi connectivity index (χ0) is 18.5. The van der Waals surface area contributed by atoms with Crippen molar-refractivity contribution in [3.8, 4) is 0 Å². The van der Waals surface area contributed by atoms with Gasteiger partial charge in [0, 0.05) is 24.8 Å². The van der Waals surface area contributed by atoms with Gasteiger partial charge in [0.15, 0.2) is 5.78 Å². The summed E-state index contributed by atoms with van der Waals surface area (Å²) < 4.78 is 7.99. The van der Waals surface area contributed by atoms with E-state index in [0.29, 0.717) is 5.02 Å². The third-order valence-electron chi connectivity index (χ3n) is 3.05. The molecule has 0 aromatic heterocycles. The Morgan fingerprint density at radius 3 is 2.52 bits per heavy atom. The number of hydrogen-bond acceptors (Lipinski definition) is 4. The average Bonchev–Trinajstić information content (AvgIpc) is 2.46. The molecule has 1 amide bonds. The molecule has 0 saturated heterocycles. The Morgan fingerprint density at radius 1 is 1.30 bits per heavy atom. The van der Waals surface area contributed by atoms with Crippen molar-refractivity contribution in [1.29, 1.82) is 0 Å². The Kier molecular flexibility index (Phi) is 7.37. The molecule has 126 valence electrons. The van der Waals surface area contributed by atoms with E-state index in [1.165, 1.54) is 12.1 Å². The lowest BCUT2D eigenvalue weighted by molar-refractivity contribution is -0.121.